The molecule has 9 nitrogen and oxygen atoms in total. The standard InChI is InChI=1S/C33H29FN4O5S/c1-18-9-11-19(12-10-18)31-30(32(39)35-2)25-15-24(28(17-29(25)43-31)38(4)44(5,41)42)27-16-23(33(40)37(3)36-27)21-13-20-7-6-8-26(34)22(20)14-21/h6-12,14-17H,13H2,1-5H3,(H,35,39). The molecule has 1 N–H and O–H groups in total. The van der Waals surface area contributed by atoms with Crippen LogP contribution >= 0.6 is 0 Å². The zero-order valence-corrected chi connectivity index (χ0v) is 25.5. The minimum Gasteiger partial charge on any atom is -0.455 e. The van der Waals surface area contributed by atoms with E-state index in [0.717, 1.165) is 21.7 Å². The van der Waals surface area contributed by atoms with Crippen LogP contribution in [0.1, 0.15) is 32.6 Å². The van der Waals surface area contributed by atoms with Gasteiger partial charge >= 0.3 is 0 Å². The summed E-state index contributed by atoms with van der Waals surface area (Å²) in [5, 5.41) is 7.60. The van der Waals surface area contributed by atoms with E-state index in [1.165, 1.54) is 31.9 Å². The molecule has 1 aliphatic rings. The number of furan rings is 1. The SMILES string of the molecule is CNC(=O)c1c(-c2ccc(C)cc2)oc2cc(N(C)S(C)(=O)=O)c(-c3cc(C4=Cc5c(F)cccc5C4)c(=O)n(C)n3)cc12. The van der Waals surface area contributed by atoms with Crippen LogP contribution in [0.4, 0.5) is 10.1 Å². The minimum absolute atomic E-state index is 0.236. The zero-order valence-electron chi connectivity index (χ0n) is 24.7. The maximum atomic E-state index is 14.5. The average molecular weight is 613 g/mol. The van der Waals surface area contributed by atoms with Crippen LogP contribution in [-0.4, -0.2) is 44.5 Å². The fraction of sp³-hybridized carbons (Fsp3) is 0.182. The number of carbonyl (C=O) groups excluding carboxylic acids is 1. The Kier molecular flexibility index (Phi) is 7.00. The van der Waals surface area contributed by atoms with Gasteiger partial charge in [0.1, 0.15) is 17.2 Å². The predicted octanol–water partition coefficient (Wildman–Crippen LogP) is 5.16. The molecular formula is C33H29FN4O5S. The molecule has 3 aromatic carbocycles. The second kappa shape index (κ2) is 10.6. The fourth-order valence-electron chi connectivity index (χ4n) is 5.51. The second-order valence-corrected chi connectivity index (χ2v) is 12.9. The molecule has 0 spiro atoms. The lowest BCUT2D eigenvalue weighted by atomic mass is 9.99. The Morgan fingerprint density at radius 1 is 1.09 bits per heavy atom. The number of hydrogen-bond donors (Lipinski definition) is 1. The van der Waals surface area contributed by atoms with Gasteiger partial charge in [0.2, 0.25) is 10.0 Å². The quantitative estimate of drug-likeness (QED) is 0.283. The summed E-state index contributed by atoms with van der Waals surface area (Å²) in [6.45, 7) is 1.95. The lowest BCUT2D eigenvalue weighted by molar-refractivity contribution is 0.0964. The minimum atomic E-state index is -3.76. The average Bonchev–Trinajstić information content (AvgIpc) is 3.59. The Morgan fingerprint density at radius 3 is 2.48 bits per heavy atom. The molecule has 44 heavy (non-hydrogen) atoms. The number of aromatic nitrogens is 2. The first-order chi connectivity index (χ1) is 20.9. The third-order valence-electron chi connectivity index (χ3n) is 7.94. The Bertz CT molecular complexity index is 2200. The molecule has 0 radical (unpaired) electrons. The van der Waals surface area contributed by atoms with Gasteiger partial charge in [-0.3, -0.25) is 13.9 Å². The molecule has 0 fully saturated rings. The molecule has 1 amide bonds. The molecule has 11 heteroatoms. The van der Waals surface area contributed by atoms with E-state index in [2.05, 4.69) is 10.4 Å². The van der Waals surface area contributed by atoms with Crippen molar-refractivity contribution < 1.29 is 22.0 Å². The first kappa shape index (κ1) is 29.1. The van der Waals surface area contributed by atoms with Crippen molar-refractivity contribution >= 4 is 44.2 Å². The van der Waals surface area contributed by atoms with Crippen molar-refractivity contribution in [2.45, 2.75) is 13.3 Å². The Morgan fingerprint density at radius 2 is 1.82 bits per heavy atom. The fourth-order valence-corrected chi connectivity index (χ4v) is 6.01. The Labute approximate surface area is 253 Å². The largest absolute Gasteiger partial charge is 0.455 e. The molecule has 0 bridgehead atoms. The van der Waals surface area contributed by atoms with Gasteiger partial charge in [0.25, 0.3) is 11.5 Å². The lowest BCUT2D eigenvalue weighted by Gasteiger charge is -2.21. The number of nitrogens with one attached hydrogen (secondary N) is 1. The van der Waals surface area contributed by atoms with E-state index in [4.69, 9.17) is 4.42 Å². The highest BCUT2D eigenvalue weighted by Crippen LogP contribution is 2.41. The molecule has 224 valence electrons. The first-order valence-electron chi connectivity index (χ1n) is 13.8. The monoisotopic (exact) mass is 612 g/mol. The van der Waals surface area contributed by atoms with Crippen LogP contribution in [0.5, 0.6) is 0 Å². The number of aryl methyl sites for hydroxylation is 2. The van der Waals surface area contributed by atoms with Crippen LogP contribution in [0.15, 0.2) is 69.9 Å². The van der Waals surface area contributed by atoms with E-state index >= 15 is 0 Å². The number of benzene rings is 3. The van der Waals surface area contributed by atoms with E-state index in [1.54, 1.807) is 30.3 Å². The Balaban J connectivity index is 1.63. The normalized spacial score (nSPS) is 12.7. The summed E-state index contributed by atoms with van der Waals surface area (Å²) in [5.41, 5.74) is 4.87. The molecule has 5 aromatic rings. The molecule has 0 saturated carbocycles. The van der Waals surface area contributed by atoms with E-state index in [0.29, 0.717) is 51.0 Å². The van der Waals surface area contributed by atoms with Crippen LogP contribution in [0.3, 0.4) is 0 Å². The number of halogens is 1. The number of hydrogen-bond acceptors (Lipinski definition) is 6. The molecule has 0 unspecified atom stereocenters. The summed E-state index contributed by atoms with van der Waals surface area (Å²) in [5.74, 6) is -0.439. The summed E-state index contributed by atoms with van der Waals surface area (Å²) >= 11 is 0. The molecule has 1 aliphatic carbocycles. The van der Waals surface area contributed by atoms with E-state index < -0.39 is 10.0 Å². The second-order valence-electron chi connectivity index (χ2n) is 10.9. The highest BCUT2D eigenvalue weighted by atomic mass is 32.2. The van der Waals surface area contributed by atoms with Crippen LogP contribution in [-0.2, 0) is 23.5 Å². The number of carbonyl (C=O) groups is 1. The smallest absolute Gasteiger partial charge is 0.274 e. The number of allylic oxidation sites excluding steroid dienone is 1. The van der Waals surface area contributed by atoms with Crippen molar-refractivity contribution in [1.29, 1.82) is 0 Å². The van der Waals surface area contributed by atoms with Gasteiger partial charge in [0, 0.05) is 54.8 Å². The summed E-state index contributed by atoms with van der Waals surface area (Å²) in [6.07, 6.45) is 3.08. The van der Waals surface area contributed by atoms with Crippen molar-refractivity contribution in [3.8, 4) is 22.6 Å². The number of fused-ring (bicyclic) bond motifs is 2. The van der Waals surface area contributed by atoms with Crippen molar-refractivity contribution in [3.05, 3.63) is 105 Å². The molecule has 0 saturated heterocycles. The summed E-state index contributed by atoms with van der Waals surface area (Å²) in [4.78, 5) is 26.6. The molecular weight excluding hydrogens is 583 g/mol. The third-order valence-corrected chi connectivity index (χ3v) is 9.13. The van der Waals surface area contributed by atoms with E-state index in [9.17, 15) is 22.4 Å². The van der Waals surface area contributed by atoms with Gasteiger partial charge < -0.3 is 9.73 Å². The van der Waals surface area contributed by atoms with Gasteiger partial charge in [-0.15, -0.1) is 0 Å². The zero-order chi connectivity index (χ0) is 31.5. The van der Waals surface area contributed by atoms with E-state index in [-0.39, 0.29) is 34.2 Å². The first-order valence-corrected chi connectivity index (χ1v) is 15.6. The number of rotatable bonds is 6. The molecule has 0 atom stereocenters. The highest BCUT2D eigenvalue weighted by Gasteiger charge is 2.27. The van der Waals surface area contributed by atoms with Crippen molar-refractivity contribution in [1.82, 2.24) is 15.1 Å². The Hall–Kier alpha value is -5.03. The van der Waals surface area contributed by atoms with Crippen LogP contribution < -0.4 is 15.2 Å². The lowest BCUT2D eigenvalue weighted by Crippen LogP contribution is -2.26. The highest BCUT2D eigenvalue weighted by molar-refractivity contribution is 7.92. The van der Waals surface area contributed by atoms with Crippen molar-refractivity contribution in [3.63, 3.8) is 0 Å². The van der Waals surface area contributed by atoms with Gasteiger partial charge in [-0.25, -0.2) is 17.5 Å². The number of anilines is 1. The topological polar surface area (TPSA) is 115 Å². The van der Waals surface area contributed by atoms with E-state index in [1.807, 2.05) is 37.3 Å². The van der Waals surface area contributed by atoms with Gasteiger partial charge in [0.15, 0.2) is 0 Å². The number of sulfonamides is 1. The van der Waals surface area contributed by atoms with Gasteiger partial charge in [-0.2, -0.15) is 5.10 Å². The predicted molar refractivity (Wildman–Crippen MR) is 169 cm³/mol. The maximum absolute atomic E-state index is 14.5. The van der Waals surface area contributed by atoms with Crippen LogP contribution in [0.25, 0.3) is 45.2 Å². The molecule has 2 heterocycles. The van der Waals surface area contributed by atoms with Crippen LogP contribution in [0.2, 0.25) is 0 Å². The number of amides is 1. The van der Waals surface area contributed by atoms with Crippen LogP contribution in [0, 0.1) is 12.7 Å². The van der Waals surface area contributed by atoms with Crippen molar-refractivity contribution in [2.24, 2.45) is 7.05 Å². The molecule has 2 aromatic heterocycles. The van der Waals surface area contributed by atoms with Gasteiger partial charge in [0.05, 0.1) is 23.2 Å². The van der Waals surface area contributed by atoms with Crippen molar-refractivity contribution in [2.75, 3.05) is 24.7 Å². The van der Waals surface area contributed by atoms with Gasteiger partial charge in [-0.1, -0.05) is 42.0 Å². The van der Waals surface area contributed by atoms with Gasteiger partial charge in [-0.05, 0) is 48.8 Å². The third kappa shape index (κ3) is 4.88. The molecule has 0 aliphatic heterocycles. The maximum Gasteiger partial charge on any atom is 0.274 e. The summed E-state index contributed by atoms with van der Waals surface area (Å²) in [6, 6.07) is 17.1. The summed E-state index contributed by atoms with van der Waals surface area (Å²) < 4.78 is 48.6. The number of nitrogens with zero attached hydrogens (tertiary/aromatic N) is 3. The summed E-state index contributed by atoms with van der Waals surface area (Å²) in [7, 11) is 0.668. The molecule has 6 rings (SSSR count).